The summed E-state index contributed by atoms with van der Waals surface area (Å²) >= 11 is 3.23. The Morgan fingerprint density at radius 3 is 2.78 bits per heavy atom. The molecule has 2 saturated heterocycles. The zero-order valence-electron chi connectivity index (χ0n) is 20.5. The fourth-order valence-corrected chi connectivity index (χ4v) is 8.70. The second kappa shape index (κ2) is 9.93. The van der Waals surface area contributed by atoms with Gasteiger partial charge < -0.3 is 15.4 Å². The highest BCUT2D eigenvalue weighted by atomic mass is 32.2. The van der Waals surface area contributed by atoms with Gasteiger partial charge in [-0.15, -0.1) is 23.1 Å². The Bertz CT molecular complexity index is 1240. The lowest BCUT2D eigenvalue weighted by atomic mass is 9.71. The van der Waals surface area contributed by atoms with Gasteiger partial charge >= 0.3 is 0 Å². The number of ether oxygens (including phenoxy) is 1. The molecule has 1 atom stereocenters. The van der Waals surface area contributed by atoms with Gasteiger partial charge in [0.1, 0.15) is 0 Å². The molecule has 1 unspecified atom stereocenters. The summed E-state index contributed by atoms with van der Waals surface area (Å²) in [7, 11) is 0. The maximum atomic E-state index is 13.8. The molecule has 0 bridgehead atoms. The number of amides is 1. The Morgan fingerprint density at radius 2 is 2.00 bits per heavy atom. The van der Waals surface area contributed by atoms with Gasteiger partial charge in [-0.1, -0.05) is 42.5 Å². The molecule has 2 aliphatic carbocycles. The summed E-state index contributed by atoms with van der Waals surface area (Å²) in [6.07, 6.45) is 9.59. The summed E-state index contributed by atoms with van der Waals surface area (Å²) in [5.41, 5.74) is 11.6. The first-order chi connectivity index (χ1) is 17.6. The molecule has 2 aromatic rings. The SMILES string of the molecule is NCC1=CCC2OCC3(CCN(C(=O)c4sc(SCc5ccccc5)c5c4CCCC5=O)CC3)C2=C1. The van der Waals surface area contributed by atoms with Crippen LogP contribution in [0, 0.1) is 5.41 Å². The lowest BCUT2D eigenvalue weighted by molar-refractivity contribution is 0.0515. The molecule has 188 valence electrons. The van der Waals surface area contributed by atoms with E-state index in [1.165, 1.54) is 28.0 Å². The minimum absolute atomic E-state index is 0.0255. The smallest absolute Gasteiger partial charge is 0.264 e. The van der Waals surface area contributed by atoms with Crippen molar-refractivity contribution in [3.8, 4) is 0 Å². The van der Waals surface area contributed by atoms with Crippen LogP contribution in [0.2, 0.25) is 0 Å². The average Bonchev–Trinajstić information content (AvgIpc) is 3.47. The van der Waals surface area contributed by atoms with Crippen LogP contribution >= 0.6 is 23.1 Å². The topological polar surface area (TPSA) is 72.6 Å². The molecular weight excluding hydrogens is 488 g/mol. The van der Waals surface area contributed by atoms with Crippen molar-refractivity contribution in [1.29, 1.82) is 0 Å². The molecule has 1 aromatic heterocycles. The van der Waals surface area contributed by atoms with Crippen LogP contribution in [0.3, 0.4) is 0 Å². The van der Waals surface area contributed by atoms with Gasteiger partial charge in [0.25, 0.3) is 5.91 Å². The zero-order valence-corrected chi connectivity index (χ0v) is 22.1. The molecule has 0 saturated carbocycles. The Labute approximate surface area is 220 Å². The second-order valence-corrected chi connectivity index (χ2v) is 12.6. The van der Waals surface area contributed by atoms with Crippen molar-refractivity contribution < 1.29 is 14.3 Å². The number of carbonyl (C=O) groups is 2. The van der Waals surface area contributed by atoms with Gasteiger partial charge in [-0.25, -0.2) is 0 Å². The molecule has 5 nitrogen and oxygen atoms in total. The first-order valence-electron chi connectivity index (χ1n) is 13.0. The number of thiophene rings is 1. The van der Waals surface area contributed by atoms with Gasteiger partial charge in [-0.05, 0) is 54.4 Å². The van der Waals surface area contributed by atoms with Crippen LogP contribution in [0.15, 0.2) is 57.8 Å². The molecular formula is C29H32N2O3S2. The quantitative estimate of drug-likeness (QED) is 0.535. The van der Waals surface area contributed by atoms with E-state index in [0.717, 1.165) is 77.8 Å². The number of benzene rings is 1. The molecule has 1 spiro atoms. The minimum Gasteiger partial charge on any atom is -0.373 e. The molecule has 1 amide bonds. The molecule has 1 aromatic carbocycles. The van der Waals surface area contributed by atoms with Crippen molar-refractivity contribution in [1.82, 2.24) is 4.90 Å². The van der Waals surface area contributed by atoms with E-state index in [0.29, 0.717) is 13.0 Å². The van der Waals surface area contributed by atoms with Crippen LogP contribution in [0.5, 0.6) is 0 Å². The summed E-state index contributed by atoms with van der Waals surface area (Å²) in [6.45, 7) is 2.74. The largest absolute Gasteiger partial charge is 0.373 e. The number of Topliss-reactive ketones (excluding diaryl/α,β-unsaturated/α-hetero) is 1. The molecule has 4 aliphatic rings. The summed E-state index contributed by atoms with van der Waals surface area (Å²) in [6, 6.07) is 10.3. The molecule has 7 heteroatoms. The Balaban J connectivity index is 1.21. The highest BCUT2D eigenvalue weighted by Crippen LogP contribution is 2.49. The highest BCUT2D eigenvalue weighted by molar-refractivity contribution is 8.00. The van der Waals surface area contributed by atoms with Crippen molar-refractivity contribution >= 4 is 34.8 Å². The molecule has 2 N–H and O–H groups in total. The monoisotopic (exact) mass is 520 g/mol. The summed E-state index contributed by atoms with van der Waals surface area (Å²) < 4.78 is 7.19. The molecule has 6 rings (SSSR count). The molecule has 0 radical (unpaired) electrons. The fourth-order valence-electron chi connectivity index (χ4n) is 6.10. The van der Waals surface area contributed by atoms with Gasteiger partial charge in [0.05, 0.1) is 21.8 Å². The van der Waals surface area contributed by atoms with Gasteiger partial charge in [0.2, 0.25) is 0 Å². The molecule has 3 heterocycles. The zero-order chi connectivity index (χ0) is 24.7. The van der Waals surface area contributed by atoms with Crippen molar-refractivity contribution in [2.24, 2.45) is 11.1 Å². The van der Waals surface area contributed by atoms with Crippen LogP contribution in [0.4, 0.5) is 0 Å². The second-order valence-electron chi connectivity index (χ2n) is 10.3. The normalized spacial score (nSPS) is 22.8. The lowest BCUT2D eigenvalue weighted by Crippen LogP contribution is -2.44. The Kier molecular flexibility index (Phi) is 6.67. The van der Waals surface area contributed by atoms with Crippen molar-refractivity contribution in [2.45, 2.75) is 54.6 Å². The third-order valence-electron chi connectivity index (χ3n) is 8.19. The van der Waals surface area contributed by atoms with E-state index in [1.54, 1.807) is 11.8 Å². The summed E-state index contributed by atoms with van der Waals surface area (Å²) in [5.74, 6) is 1.10. The maximum absolute atomic E-state index is 13.8. The van der Waals surface area contributed by atoms with Crippen LogP contribution in [-0.4, -0.2) is 48.9 Å². The number of rotatable bonds is 5. The number of nitrogens with two attached hydrogens (primary N) is 1. The number of piperidine rings is 1. The lowest BCUT2D eigenvalue weighted by Gasteiger charge is -2.40. The van der Waals surface area contributed by atoms with Gasteiger partial charge in [-0.3, -0.25) is 9.59 Å². The maximum Gasteiger partial charge on any atom is 0.264 e. The predicted octanol–water partition coefficient (Wildman–Crippen LogP) is 5.40. The van der Waals surface area contributed by atoms with E-state index < -0.39 is 0 Å². The van der Waals surface area contributed by atoms with E-state index in [1.807, 2.05) is 23.1 Å². The van der Waals surface area contributed by atoms with Crippen LogP contribution in [0.1, 0.15) is 63.3 Å². The van der Waals surface area contributed by atoms with Crippen molar-refractivity contribution in [3.05, 3.63) is 75.2 Å². The number of thioether (sulfide) groups is 1. The number of hydrogen-bond donors (Lipinski definition) is 1. The Hall–Kier alpha value is -2.19. The average molecular weight is 521 g/mol. The fraction of sp³-hybridized carbons (Fsp3) is 0.448. The van der Waals surface area contributed by atoms with Crippen LogP contribution in [-0.2, 0) is 16.9 Å². The van der Waals surface area contributed by atoms with E-state index in [2.05, 4.69) is 24.3 Å². The molecule has 2 fully saturated rings. The minimum atomic E-state index is 0.0255. The van der Waals surface area contributed by atoms with E-state index >= 15 is 0 Å². The first-order valence-corrected chi connectivity index (χ1v) is 14.8. The van der Waals surface area contributed by atoms with Crippen molar-refractivity contribution in [3.63, 3.8) is 0 Å². The molecule has 2 aliphatic heterocycles. The highest BCUT2D eigenvalue weighted by Gasteiger charge is 2.48. The van der Waals surface area contributed by atoms with Gasteiger partial charge in [0.15, 0.2) is 5.78 Å². The van der Waals surface area contributed by atoms with E-state index in [4.69, 9.17) is 10.5 Å². The number of carbonyl (C=O) groups excluding carboxylic acids is 2. The van der Waals surface area contributed by atoms with Crippen molar-refractivity contribution in [2.75, 3.05) is 26.2 Å². The Morgan fingerprint density at radius 1 is 1.19 bits per heavy atom. The number of hydrogen-bond acceptors (Lipinski definition) is 6. The first kappa shape index (κ1) is 24.2. The van der Waals surface area contributed by atoms with Gasteiger partial charge in [-0.2, -0.15) is 0 Å². The summed E-state index contributed by atoms with van der Waals surface area (Å²) in [4.78, 5) is 29.5. The van der Waals surface area contributed by atoms with Gasteiger partial charge in [0, 0.05) is 42.8 Å². The van der Waals surface area contributed by atoms with E-state index in [9.17, 15) is 9.59 Å². The third kappa shape index (κ3) is 4.30. The number of fused-ring (bicyclic) bond motifs is 3. The third-order valence-corrected chi connectivity index (χ3v) is 10.8. The van der Waals surface area contributed by atoms with Crippen LogP contribution in [0.25, 0.3) is 0 Å². The predicted molar refractivity (Wildman–Crippen MR) is 145 cm³/mol. The molecule has 36 heavy (non-hydrogen) atoms. The number of likely N-dealkylation sites (tertiary alicyclic amines) is 1. The summed E-state index contributed by atoms with van der Waals surface area (Å²) in [5, 5.41) is 0. The van der Waals surface area contributed by atoms with Crippen LogP contribution < -0.4 is 5.73 Å². The van der Waals surface area contributed by atoms with E-state index in [-0.39, 0.29) is 23.2 Å². The number of nitrogens with zero attached hydrogens (tertiary/aromatic N) is 1. The standard InChI is InChI=1S/C29H32N2O3S2/c30-16-20-9-10-24-22(15-20)29(18-34-24)11-13-31(14-12-29)27(33)26-21-7-4-8-23(32)25(21)28(36-26)35-17-19-5-2-1-3-6-19/h1-3,5-6,9,15,24H,4,7-8,10-14,16-18,30H2. The number of ketones is 1.